The van der Waals surface area contributed by atoms with Crippen LogP contribution in [0.2, 0.25) is 0 Å². The summed E-state index contributed by atoms with van der Waals surface area (Å²) in [6, 6.07) is 15.5. The Morgan fingerprint density at radius 1 is 1.00 bits per heavy atom. The zero-order chi connectivity index (χ0) is 25.2. The largest absolute Gasteiger partial charge is 0.351 e. The average Bonchev–Trinajstić information content (AvgIpc) is 2.76. The van der Waals surface area contributed by atoms with Gasteiger partial charge in [-0.05, 0) is 58.2 Å². The third-order valence-electron chi connectivity index (χ3n) is 6.45. The van der Waals surface area contributed by atoms with Crippen LogP contribution in [-0.4, -0.2) is 47.6 Å². The van der Waals surface area contributed by atoms with Gasteiger partial charge in [0.05, 0.1) is 11.4 Å². The lowest BCUT2D eigenvalue weighted by molar-refractivity contribution is -0.124. The van der Waals surface area contributed by atoms with Gasteiger partial charge in [-0.15, -0.1) is 0 Å². The summed E-state index contributed by atoms with van der Waals surface area (Å²) in [6.07, 6.45) is 1.92. The molecule has 0 bridgehead atoms. The first-order valence-electron chi connectivity index (χ1n) is 12.1. The van der Waals surface area contributed by atoms with Gasteiger partial charge in [0.25, 0.3) is 0 Å². The first kappa shape index (κ1) is 24.7. The van der Waals surface area contributed by atoms with E-state index >= 15 is 0 Å². The molecule has 8 nitrogen and oxygen atoms in total. The predicted octanol–water partition coefficient (Wildman–Crippen LogP) is 3.19. The second-order valence-electron chi connectivity index (χ2n) is 10.8. The first-order valence-corrected chi connectivity index (χ1v) is 12.1. The van der Waals surface area contributed by atoms with Gasteiger partial charge in [-0.25, -0.2) is 4.79 Å². The molecule has 2 aromatic carbocycles. The number of nitrogens with zero attached hydrogens (tertiary/aromatic N) is 1. The topological polar surface area (TPSA) is 103 Å². The Morgan fingerprint density at radius 2 is 1.63 bits per heavy atom. The number of fused-ring (bicyclic) bond motifs is 1. The van der Waals surface area contributed by atoms with Gasteiger partial charge >= 0.3 is 6.03 Å². The van der Waals surface area contributed by atoms with Crippen LogP contribution in [0.1, 0.15) is 46.1 Å². The molecule has 2 heterocycles. The Morgan fingerprint density at radius 3 is 2.31 bits per heavy atom. The first-order chi connectivity index (χ1) is 16.5. The van der Waals surface area contributed by atoms with E-state index in [1.54, 1.807) is 18.2 Å². The third kappa shape index (κ3) is 6.19. The number of carbonyl (C=O) groups excluding carboxylic acids is 3. The molecule has 1 unspecified atom stereocenters. The third-order valence-corrected chi connectivity index (χ3v) is 6.45. The lowest BCUT2D eigenvalue weighted by atomic mass is 9.79. The number of amides is 4. The fourth-order valence-electron chi connectivity index (χ4n) is 5.43. The van der Waals surface area contributed by atoms with Gasteiger partial charge in [0.15, 0.2) is 0 Å². The predicted molar refractivity (Wildman–Crippen MR) is 137 cm³/mol. The molecular formula is C27H35N5O3. The molecule has 186 valence electrons. The lowest BCUT2D eigenvalue weighted by Gasteiger charge is -2.46. The molecule has 4 amide bonds. The van der Waals surface area contributed by atoms with Crippen LogP contribution in [0.25, 0.3) is 0 Å². The van der Waals surface area contributed by atoms with Gasteiger partial charge < -0.3 is 21.3 Å². The zero-order valence-corrected chi connectivity index (χ0v) is 20.9. The van der Waals surface area contributed by atoms with Crippen LogP contribution in [0.4, 0.5) is 16.2 Å². The van der Waals surface area contributed by atoms with Gasteiger partial charge in [0.1, 0.15) is 12.6 Å². The minimum atomic E-state index is -0.789. The number of benzene rings is 2. The molecule has 0 aliphatic carbocycles. The highest BCUT2D eigenvalue weighted by Crippen LogP contribution is 2.30. The molecule has 1 saturated heterocycles. The van der Waals surface area contributed by atoms with Gasteiger partial charge in [-0.3, -0.25) is 14.5 Å². The minimum Gasteiger partial charge on any atom is -0.351 e. The van der Waals surface area contributed by atoms with E-state index in [1.807, 2.05) is 36.4 Å². The maximum atomic E-state index is 13.5. The summed E-state index contributed by atoms with van der Waals surface area (Å²) in [5, 5.41) is 12.5. The van der Waals surface area contributed by atoms with Crippen LogP contribution in [0.5, 0.6) is 0 Å². The summed E-state index contributed by atoms with van der Waals surface area (Å²) in [7, 11) is 0. The lowest BCUT2D eigenvalue weighted by Crippen LogP contribution is -2.63. The molecule has 4 N–H and O–H groups in total. The van der Waals surface area contributed by atoms with Crippen LogP contribution >= 0.6 is 0 Å². The van der Waals surface area contributed by atoms with Crippen LogP contribution in [0.3, 0.4) is 0 Å². The van der Waals surface area contributed by atoms with Crippen molar-refractivity contribution in [1.82, 2.24) is 16.0 Å². The standard InChI is InChI=1S/C27H35N5O3/c1-26(2)15-19(16-27(3,4)31-26)28-24(34)21(14-18-10-6-5-7-11-18)30-25(35)32-17-23(33)29-20-12-8-9-13-22(20)32/h5-13,19,21,31H,14-17H2,1-4H3,(H,28,34)(H,29,33)(H,30,35). The van der Waals surface area contributed by atoms with Crippen LogP contribution in [0, 0.1) is 0 Å². The van der Waals surface area contributed by atoms with E-state index in [1.165, 1.54) is 4.90 Å². The van der Waals surface area contributed by atoms with Crippen LogP contribution < -0.4 is 26.2 Å². The molecule has 8 heteroatoms. The van der Waals surface area contributed by atoms with Crippen molar-refractivity contribution in [2.45, 2.75) is 70.1 Å². The summed E-state index contributed by atoms with van der Waals surface area (Å²) < 4.78 is 0. The normalized spacial score (nSPS) is 19.8. The Kier molecular flexibility index (Phi) is 6.85. The van der Waals surface area contributed by atoms with Crippen molar-refractivity contribution in [2.24, 2.45) is 0 Å². The fraction of sp³-hybridized carbons (Fsp3) is 0.444. The number of urea groups is 1. The molecule has 0 saturated carbocycles. The molecule has 4 rings (SSSR count). The Hall–Kier alpha value is -3.39. The molecule has 2 aliphatic heterocycles. The smallest absolute Gasteiger partial charge is 0.323 e. The fourth-order valence-corrected chi connectivity index (χ4v) is 5.43. The van der Waals surface area contributed by atoms with Crippen molar-refractivity contribution in [2.75, 3.05) is 16.8 Å². The zero-order valence-electron chi connectivity index (χ0n) is 20.9. The van der Waals surface area contributed by atoms with Gasteiger partial charge in [0, 0.05) is 23.5 Å². The highest BCUT2D eigenvalue weighted by molar-refractivity contribution is 6.10. The summed E-state index contributed by atoms with van der Waals surface area (Å²) in [5.74, 6) is -0.502. The summed E-state index contributed by atoms with van der Waals surface area (Å²) >= 11 is 0. The van der Waals surface area contributed by atoms with Crippen molar-refractivity contribution >= 4 is 29.2 Å². The number of carbonyl (C=O) groups is 3. The summed E-state index contributed by atoms with van der Waals surface area (Å²) in [6.45, 7) is 8.42. The van der Waals surface area contributed by atoms with Crippen molar-refractivity contribution in [1.29, 1.82) is 0 Å². The molecule has 2 aliphatic rings. The summed E-state index contributed by atoms with van der Waals surface area (Å²) in [4.78, 5) is 40.5. The Labute approximate surface area is 206 Å². The number of hydrogen-bond acceptors (Lipinski definition) is 4. The Bertz CT molecular complexity index is 1080. The van der Waals surface area contributed by atoms with E-state index in [-0.39, 0.29) is 35.5 Å². The molecule has 0 spiro atoms. The van der Waals surface area contributed by atoms with Crippen molar-refractivity contribution in [3.05, 3.63) is 60.2 Å². The molecule has 2 aromatic rings. The van der Waals surface area contributed by atoms with E-state index in [0.29, 0.717) is 17.8 Å². The van der Waals surface area contributed by atoms with Gasteiger partial charge in [-0.1, -0.05) is 42.5 Å². The number of hydrogen-bond donors (Lipinski definition) is 4. The van der Waals surface area contributed by atoms with Crippen LogP contribution in [0.15, 0.2) is 54.6 Å². The second-order valence-corrected chi connectivity index (χ2v) is 10.8. The number of rotatable bonds is 5. The monoisotopic (exact) mass is 477 g/mol. The van der Waals surface area contributed by atoms with E-state index in [9.17, 15) is 14.4 Å². The Balaban J connectivity index is 1.54. The van der Waals surface area contributed by atoms with Gasteiger partial charge in [0.2, 0.25) is 11.8 Å². The van der Waals surface area contributed by atoms with Crippen molar-refractivity contribution in [3.8, 4) is 0 Å². The maximum absolute atomic E-state index is 13.5. The van der Waals surface area contributed by atoms with E-state index in [0.717, 1.165) is 18.4 Å². The number of piperidine rings is 1. The quantitative estimate of drug-likeness (QED) is 0.531. The van der Waals surface area contributed by atoms with E-state index in [4.69, 9.17) is 0 Å². The molecule has 35 heavy (non-hydrogen) atoms. The second kappa shape index (κ2) is 9.70. The maximum Gasteiger partial charge on any atom is 0.323 e. The van der Waals surface area contributed by atoms with E-state index in [2.05, 4.69) is 49.0 Å². The average molecular weight is 478 g/mol. The highest BCUT2D eigenvalue weighted by Gasteiger charge is 2.39. The molecular weight excluding hydrogens is 442 g/mol. The number of para-hydroxylation sites is 2. The highest BCUT2D eigenvalue weighted by atomic mass is 16.2. The van der Waals surface area contributed by atoms with Gasteiger partial charge in [-0.2, -0.15) is 0 Å². The van der Waals surface area contributed by atoms with Crippen molar-refractivity contribution < 1.29 is 14.4 Å². The molecule has 1 atom stereocenters. The van der Waals surface area contributed by atoms with Crippen molar-refractivity contribution in [3.63, 3.8) is 0 Å². The summed E-state index contributed by atoms with van der Waals surface area (Å²) in [5.41, 5.74) is 1.87. The molecule has 1 fully saturated rings. The molecule has 0 radical (unpaired) electrons. The SMILES string of the molecule is CC1(C)CC(NC(=O)C(Cc2ccccc2)NC(=O)N2CC(=O)Nc3ccccc32)CC(C)(C)N1. The van der Waals surface area contributed by atoms with Crippen LogP contribution in [-0.2, 0) is 16.0 Å². The minimum absolute atomic E-state index is 0.0228. The number of anilines is 2. The van der Waals surface area contributed by atoms with E-state index < -0.39 is 12.1 Å². The molecule has 0 aromatic heterocycles. The number of nitrogens with one attached hydrogen (secondary N) is 4.